The van der Waals surface area contributed by atoms with Crippen molar-refractivity contribution in [1.29, 1.82) is 0 Å². The van der Waals surface area contributed by atoms with Crippen molar-refractivity contribution >= 4 is 26.7 Å². The number of hydrogen-bond acceptors (Lipinski definition) is 4. The minimum absolute atomic E-state index is 0.0432. The summed E-state index contributed by atoms with van der Waals surface area (Å²) in [5.74, 6) is -0.161. The van der Waals surface area contributed by atoms with Crippen molar-refractivity contribution < 1.29 is 17.9 Å². The van der Waals surface area contributed by atoms with E-state index in [1.54, 1.807) is 6.07 Å². The Morgan fingerprint density at radius 1 is 1.00 bits per heavy atom. The summed E-state index contributed by atoms with van der Waals surface area (Å²) in [6, 6.07) is 18.3. The van der Waals surface area contributed by atoms with Crippen LogP contribution in [0.1, 0.15) is 15.9 Å². The molecule has 0 aliphatic heterocycles. The molecule has 1 N–H and O–H groups in total. The molecule has 0 saturated heterocycles. The first-order chi connectivity index (χ1) is 13.3. The Balaban J connectivity index is 1.82. The molecule has 0 spiro atoms. The number of rotatable bonds is 6. The molecule has 0 radical (unpaired) electrons. The van der Waals surface area contributed by atoms with Crippen LogP contribution in [0.25, 0.3) is 10.8 Å². The van der Waals surface area contributed by atoms with Gasteiger partial charge < -0.3 is 10.1 Å². The van der Waals surface area contributed by atoms with Crippen LogP contribution in [0.2, 0.25) is 0 Å². The number of benzene rings is 3. The van der Waals surface area contributed by atoms with E-state index in [2.05, 4.69) is 5.32 Å². The van der Waals surface area contributed by atoms with Crippen molar-refractivity contribution in [2.24, 2.45) is 0 Å². The lowest BCUT2D eigenvalue weighted by molar-refractivity contribution is 0.0950. The Kier molecular flexibility index (Phi) is 5.67. The van der Waals surface area contributed by atoms with Crippen molar-refractivity contribution in [3.63, 3.8) is 0 Å². The minimum Gasteiger partial charge on any atom is -0.495 e. The highest BCUT2D eigenvalue weighted by Crippen LogP contribution is 2.27. The molecule has 146 valence electrons. The van der Waals surface area contributed by atoms with Crippen LogP contribution in [0.4, 0.5) is 0 Å². The lowest BCUT2D eigenvalue weighted by Gasteiger charge is -2.15. The third-order valence-corrected chi connectivity index (χ3v) is 6.29. The van der Waals surface area contributed by atoms with Gasteiger partial charge in [0.25, 0.3) is 5.91 Å². The molecule has 7 heteroatoms. The van der Waals surface area contributed by atoms with Gasteiger partial charge in [0.2, 0.25) is 10.0 Å². The molecule has 0 aliphatic rings. The summed E-state index contributed by atoms with van der Waals surface area (Å²) in [6.07, 6.45) is 0. The van der Waals surface area contributed by atoms with Crippen LogP contribution in [-0.4, -0.2) is 39.8 Å². The number of methoxy groups -OCH3 is 1. The molecule has 0 aromatic heterocycles. The van der Waals surface area contributed by atoms with E-state index >= 15 is 0 Å². The third-order valence-electron chi connectivity index (χ3n) is 4.45. The lowest BCUT2D eigenvalue weighted by atomic mass is 10.1. The van der Waals surface area contributed by atoms with Crippen molar-refractivity contribution in [2.75, 3.05) is 21.2 Å². The van der Waals surface area contributed by atoms with Crippen molar-refractivity contribution in [3.8, 4) is 5.75 Å². The molecule has 28 heavy (non-hydrogen) atoms. The average molecular weight is 398 g/mol. The maximum Gasteiger partial charge on any atom is 0.251 e. The number of hydrogen-bond donors (Lipinski definition) is 1. The van der Waals surface area contributed by atoms with Crippen molar-refractivity contribution in [3.05, 3.63) is 71.8 Å². The third kappa shape index (κ3) is 4.00. The fraction of sp³-hybridized carbons (Fsp3) is 0.190. The summed E-state index contributed by atoms with van der Waals surface area (Å²) >= 11 is 0. The number of nitrogens with zero attached hydrogens (tertiary/aromatic N) is 1. The molecular formula is C21H22N2O4S. The normalized spacial score (nSPS) is 11.6. The zero-order valence-corrected chi connectivity index (χ0v) is 16.8. The average Bonchev–Trinajstić information content (AvgIpc) is 2.71. The Hall–Kier alpha value is -2.90. The monoisotopic (exact) mass is 398 g/mol. The van der Waals surface area contributed by atoms with Gasteiger partial charge in [0.15, 0.2) is 0 Å². The maximum absolute atomic E-state index is 12.6. The number of sulfonamides is 1. The second-order valence-corrected chi connectivity index (χ2v) is 8.64. The number of carbonyl (C=O) groups excluding carboxylic acids is 1. The SMILES string of the molecule is COc1ccc(C(=O)NCc2ccc3ccccc3c2)cc1S(=O)(=O)N(C)C. The fourth-order valence-electron chi connectivity index (χ4n) is 2.85. The molecular weight excluding hydrogens is 376 g/mol. The minimum atomic E-state index is -3.74. The van der Waals surface area contributed by atoms with Gasteiger partial charge in [-0.2, -0.15) is 0 Å². The highest BCUT2D eigenvalue weighted by molar-refractivity contribution is 7.89. The Labute approximate surface area is 164 Å². The highest BCUT2D eigenvalue weighted by atomic mass is 32.2. The Morgan fingerprint density at radius 2 is 1.71 bits per heavy atom. The van der Waals surface area contributed by atoms with Gasteiger partial charge in [0, 0.05) is 26.2 Å². The second-order valence-electron chi connectivity index (χ2n) is 6.52. The first kappa shape index (κ1) is 19.9. The van der Waals surface area contributed by atoms with E-state index in [0.29, 0.717) is 6.54 Å². The second kappa shape index (κ2) is 8.00. The van der Waals surface area contributed by atoms with Crippen LogP contribution < -0.4 is 10.1 Å². The highest BCUT2D eigenvalue weighted by Gasteiger charge is 2.23. The van der Waals surface area contributed by atoms with Crippen molar-refractivity contribution in [2.45, 2.75) is 11.4 Å². The largest absolute Gasteiger partial charge is 0.495 e. The van der Waals surface area contributed by atoms with Gasteiger partial charge in [0.05, 0.1) is 7.11 Å². The van der Waals surface area contributed by atoms with Crippen LogP contribution in [0, 0.1) is 0 Å². The molecule has 0 aliphatic carbocycles. The first-order valence-corrected chi connectivity index (χ1v) is 10.1. The van der Waals surface area contributed by atoms with Gasteiger partial charge in [-0.15, -0.1) is 0 Å². The van der Waals surface area contributed by atoms with Crippen LogP contribution in [0.3, 0.4) is 0 Å². The molecule has 0 heterocycles. The van der Waals surface area contributed by atoms with E-state index in [4.69, 9.17) is 4.74 Å². The topological polar surface area (TPSA) is 75.7 Å². The standard InChI is InChI=1S/C21H22N2O4S/c1-23(2)28(25,26)20-13-18(10-11-19(20)27-3)21(24)22-14-15-8-9-16-6-4-5-7-17(16)12-15/h4-13H,14H2,1-3H3,(H,22,24). The number of ether oxygens (including phenoxy) is 1. The van der Waals surface area contributed by atoms with Gasteiger partial charge in [0.1, 0.15) is 10.6 Å². The van der Waals surface area contributed by atoms with Crippen molar-refractivity contribution in [1.82, 2.24) is 9.62 Å². The molecule has 0 saturated carbocycles. The first-order valence-electron chi connectivity index (χ1n) is 8.69. The molecule has 3 aromatic carbocycles. The molecule has 0 fully saturated rings. The van der Waals surface area contributed by atoms with E-state index in [0.717, 1.165) is 20.6 Å². The van der Waals surface area contributed by atoms with Crippen LogP contribution in [0.15, 0.2) is 65.6 Å². The summed E-state index contributed by atoms with van der Waals surface area (Å²) in [7, 11) is 0.517. The van der Waals surface area contributed by atoms with E-state index in [1.807, 2.05) is 42.5 Å². The van der Waals surface area contributed by atoms with Gasteiger partial charge in [-0.1, -0.05) is 36.4 Å². The molecule has 0 atom stereocenters. The number of carbonyl (C=O) groups is 1. The van der Waals surface area contributed by atoms with Gasteiger partial charge >= 0.3 is 0 Å². The molecule has 6 nitrogen and oxygen atoms in total. The summed E-state index contributed by atoms with van der Waals surface area (Å²) in [4.78, 5) is 12.5. The quantitative estimate of drug-likeness (QED) is 0.693. The molecule has 1 amide bonds. The molecule has 3 aromatic rings. The summed E-state index contributed by atoms with van der Waals surface area (Å²) in [5, 5.41) is 5.06. The molecule has 0 unspecified atom stereocenters. The fourth-order valence-corrected chi connectivity index (χ4v) is 3.92. The zero-order chi connectivity index (χ0) is 20.3. The lowest BCUT2D eigenvalue weighted by Crippen LogP contribution is -2.25. The Morgan fingerprint density at radius 3 is 2.39 bits per heavy atom. The predicted molar refractivity (Wildman–Crippen MR) is 109 cm³/mol. The van der Waals surface area contributed by atoms with E-state index < -0.39 is 10.0 Å². The summed E-state index contributed by atoms with van der Waals surface area (Å²) in [5.41, 5.74) is 1.21. The molecule has 0 bridgehead atoms. The number of amides is 1. The van der Waals surface area contributed by atoms with Gasteiger partial charge in [-0.05, 0) is 40.6 Å². The predicted octanol–water partition coefficient (Wildman–Crippen LogP) is 3.03. The van der Waals surface area contributed by atoms with Crippen LogP contribution in [0.5, 0.6) is 5.75 Å². The number of fused-ring (bicyclic) bond motifs is 1. The van der Waals surface area contributed by atoms with Crippen LogP contribution in [-0.2, 0) is 16.6 Å². The van der Waals surface area contributed by atoms with E-state index in [-0.39, 0.29) is 22.1 Å². The number of nitrogens with one attached hydrogen (secondary N) is 1. The summed E-state index contributed by atoms with van der Waals surface area (Å²) < 4.78 is 31.2. The van der Waals surface area contributed by atoms with Gasteiger partial charge in [-0.25, -0.2) is 12.7 Å². The maximum atomic E-state index is 12.6. The zero-order valence-electron chi connectivity index (χ0n) is 16.0. The molecule has 3 rings (SSSR count). The van der Waals surface area contributed by atoms with Crippen LogP contribution >= 0.6 is 0 Å². The van der Waals surface area contributed by atoms with Gasteiger partial charge in [-0.3, -0.25) is 4.79 Å². The Bertz CT molecular complexity index is 1120. The van der Waals surface area contributed by atoms with E-state index in [1.165, 1.54) is 33.3 Å². The smallest absolute Gasteiger partial charge is 0.251 e. The summed E-state index contributed by atoms with van der Waals surface area (Å²) in [6.45, 7) is 0.339. The van der Waals surface area contributed by atoms with E-state index in [9.17, 15) is 13.2 Å².